The Morgan fingerprint density at radius 2 is 2.60 bits per heavy atom. The molecule has 52 valence electrons. The van der Waals surface area contributed by atoms with E-state index in [1.165, 1.54) is 0 Å². The summed E-state index contributed by atoms with van der Waals surface area (Å²) in [5.41, 5.74) is 0.768. The first kappa shape index (κ1) is 6.88. The first-order chi connectivity index (χ1) is 4.86. The molecule has 0 aromatic carbocycles. The van der Waals surface area contributed by atoms with Crippen LogP contribution >= 0.6 is 0 Å². The quantitative estimate of drug-likeness (QED) is 0.540. The molecule has 0 radical (unpaired) electrons. The Kier molecular flexibility index (Phi) is 2.11. The second kappa shape index (κ2) is 3.07. The van der Waals surface area contributed by atoms with Crippen molar-refractivity contribution in [2.75, 3.05) is 13.1 Å². The summed E-state index contributed by atoms with van der Waals surface area (Å²) < 4.78 is 0. The van der Waals surface area contributed by atoms with Gasteiger partial charge in [0.1, 0.15) is 0 Å². The molecule has 0 N–H and O–H groups in total. The van der Waals surface area contributed by atoms with Gasteiger partial charge in [-0.05, 0) is 19.1 Å². The summed E-state index contributed by atoms with van der Waals surface area (Å²) in [4.78, 5) is 2.14. The highest BCUT2D eigenvalue weighted by molar-refractivity contribution is 5.34. The molecule has 10 heavy (non-hydrogen) atoms. The van der Waals surface area contributed by atoms with Crippen molar-refractivity contribution in [2.24, 2.45) is 0 Å². The average molecular weight is 134 g/mol. The van der Waals surface area contributed by atoms with Crippen LogP contribution in [0.1, 0.15) is 6.92 Å². The van der Waals surface area contributed by atoms with Gasteiger partial charge in [-0.2, -0.15) is 5.26 Å². The number of hydrogen-bond acceptors (Lipinski definition) is 2. The minimum atomic E-state index is 0.768. The van der Waals surface area contributed by atoms with Gasteiger partial charge >= 0.3 is 0 Å². The lowest BCUT2D eigenvalue weighted by Gasteiger charge is -2.18. The van der Waals surface area contributed by atoms with Crippen molar-refractivity contribution in [3.63, 3.8) is 0 Å². The van der Waals surface area contributed by atoms with Gasteiger partial charge in [0, 0.05) is 19.3 Å². The zero-order valence-corrected chi connectivity index (χ0v) is 6.04. The molecule has 0 atom stereocenters. The van der Waals surface area contributed by atoms with Gasteiger partial charge in [-0.3, -0.25) is 0 Å². The van der Waals surface area contributed by atoms with Crippen molar-refractivity contribution >= 4 is 0 Å². The minimum Gasteiger partial charge on any atom is -0.374 e. The summed E-state index contributed by atoms with van der Waals surface area (Å²) in [6.45, 7) is 3.97. The molecule has 2 heteroatoms. The first-order valence-corrected chi connectivity index (χ1v) is 3.39. The Morgan fingerprint density at radius 1 is 1.80 bits per heavy atom. The molecule has 0 saturated carbocycles. The third kappa shape index (κ3) is 1.38. The number of likely N-dealkylation sites (N-methyl/N-ethyl adjacent to an activating group) is 1. The highest BCUT2D eigenvalue weighted by Gasteiger charge is 1.99. The molecule has 1 aliphatic heterocycles. The van der Waals surface area contributed by atoms with E-state index in [1.54, 1.807) is 0 Å². The summed E-state index contributed by atoms with van der Waals surface area (Å²) in [7, 11) is 0. The van der Waals surface area contributed by atoms with Crippen molar-refractivity contribution in [3.05, 3.63) is 23.9 Å². The zero-order valence-electron chi connectivity index (χ0n) is 6.04. The molecular weight excluding hydrogens is 124 g/mol. The topological polar surface area (TPSA) is 27.0 Å². The van der Waals surface area contributed by atoms with Crippen LogP contribution in [0.3, 0.4) is 0 Å². The molecule has 0 aromatic rings. The summed E-state index contributed by atoms with van der Waals surface area (Å²) in [6.07, 6.45) is 5.73. The fourth-order valence-electron chi connectivity index (χ4n) is 0.848. The predicted molar refractivity (Wildman–Crippen MR) is 40.1 cm³/mol. The van der Waals surface area contributed by atoms with Gasteiger partial charge in [-0.15, -0.1) is 0 Å². The number of hydrogen-bond donors (Lipinski definition) is 0. The minimum absolute atomic E-state index is 0.768. The van der Waals surface area contributed by atoms with Gasteiger partial charge < -0.3 is 4.90 Å². The summed E-state index contributed by atoms with van der Waals surface area (Å²) in [5, 5.41) is 8.46. The second-order valence-electron chi connectivity index (χ2n) is 2.17. The van der Waals surface area contributed by atoms with E-state index in [0.29, 0.717) is 0 Å². The molecule has 0 aromatic heterocycles. The molecule has 1 heterocycles. The van der Waals surface area contributed by atoms with Crippen molar-refractivity contribution in [2.45, 2.75) is 6.92 Å². The Hall–Kier alpha value is -1.23. The number of allylic oxidation sites excluding steroid dienone is 2. The van der Waals surface area contributed by atoms with E-state index in [-0.39, 0.29) is 0 Å². The molecule has 0 aliphatic carbocycles. The van der Waals surface area contributed by atoms with Crippen LogP contribution in [-0.4, -0.2) is 18.0 Å². The number of nitriles is 1. The molecule has 0 spiro atoms. The lowest BCUT2D eigenvalue weighted by atomic mass is 10.2. The smallest absolute Gasteiger partial charge is 0.0989 e. The third-order valence-corrected chi connectivity index (χ3v) is 1.55. The molecular formula is C8H10N2. The maximum atomic E-state index is 8.46. The molecule has 0 saturated heterocycles. The fraction of sp³-hybridized carbons (Fsp3) is 0.375. The van der Waals surface area contributed by atoms with Gasteiger partial charge in [-0.25, -0.2) is 0 Å². The maximum absolute atomic E-state index is 8.46. The van der Waals surface area contributed by atoms with Crippen LogP contribution in [0.5, 0.6) is 0 Å². The molecule has 0 fully saturated rings. The van der Waals surface area contributed by atoms with Crippen LogP contribution in [0.2, 0.25) is 0 Å². The van der Waals surface area contributed by atoms with Crippen molar-refractivity contribution in [1.29, 1.82) is 5.26 Å². The Bertz CT molecular complexity index is 208. The number of rotatable bonds is 1. The SMILES string of the molecule is CCN1C=CC(C#N)=CC1. The molecule has 0 unspecified atom stereocenters. The van der Waals surface area contributed by atoms with Crippen molar-refractivity contribution < 1.29 is 0 Å². The van der Waals surface area contributed by atoms with E-state index in [4.69, 9.17) is 5.26 Å². The van der Waals surface area contributed by atoms with E-state index >= 15 is 0 Å². The summed E-state index contributed by atoms with van der Waals surface area (Å²) in [5.74, 6) is 0. The van der Waals surface area contributed by atoms with Crippen LogP contribution in [0, 0.1) is 11.3 Å². The Balaban J connectivity index is 2.57. The summed E-state index contributed by atoms with van der Waals surface area (Å²) in [6, 6.07) is 2.10. The molecule has 2 nitrogen and oxygen atoms in total. The standard InChI is InChI=1S/C8H10N2/c1-2-10-5-3-8(7-9)4-6-10/h3-5H,2,6H2,1H3. The van der Waals surface area contributed by atoms with E-state index in [2.05, 4.69) is 17.9 Å². The van der Waals surface area contributed by atoms with Crippen LogP contribution < -0.4 is 0 Å². The monoisotopic (exact) mass is 134 g/mol. The largest absolute Gasteiger partial charge is 0.374 e. The van der Waals surface area contributed by atoms with Crippen LogP contribution in [-0.2, 0) is 0 Å². The van der Waals surface area contributed by atoms with Gasteiger partial charge in [0.2, 0.25) is 0 Å². The lowest BCUT2D eigenvalue weighted by Crippen LogP contribution is -2.18. The molecule has 0 amide bonds. The average Bonchev–Trinajstić information content (AvgIpc) is 2.05. The highest BCUT2D eigenvalue weighted by atomic mass is 15.1. The lowest BCUT2D eigenvalue weighted by molar-refractivity contribution is 0.434. The first-order valence-electron chi connectivity index (χ1n) is 3.39. The van der Waals surface area contributed by atoms with Crippen LogP contribution in [0.15, 0.2) is 23.9 Å². The second-order valence-corrected chi connectivity index (χ2v) is 2.17. The van der Waals surface area contributed by atoms with Gasteiger partial charge in [0.25, 0.3) is 0 Å². The zero-order chi connectivity index (χ0) is 7.40. The third-order valence-electron chi connectivity index (χ3n) is 1.55. The van der Waals surface area contributed by atoms with E-state index in [0.717, 1.165) is 18.7 Å². The van der Waals surface area contributed by atoms with Crippen molar-refractivity contribution in [3.8, 4) is 6.07 Å². The fourth-order valence-corrected chi connectivity index (χ4v) is 0.848. The van der Waals surface area contributed by atoms with Crippen molar-refractivity contribution in [1.82, 2.24) is 4.90 Å². The van der Waals surface area contributed by atoms with Gasteiger partial charge in [0.05, 0.1) is 11.6 Å². The van der Waals surface area contributed by atoms with Gasteiger partial charge in [0.15, 0.2) is 0 Å². The van der Waals surface area contributed by atoms with Crippen LogP contribution in [0.4, 0.5) is 0 Å². The van der Waals surface area contributed by atoms with E-state index in [1.807, 2.05) is 18.4 Å². The predicted octanol–water partition coefficient (Wildman–Crippen LogP) is 1.29. The Labute approximate surface area is 61.1 Å². The summed E-state index contributed by atoms with van der Waals surface area (Å²) >= 11 is 0. The van der Waals surface area contributed by atoms with Gasteiger partial charge in [-0.1, -0.05) is 0 Å². The normalized spacial score (nSPS) is 16.4. The Morgan fingerprint density at radius 3 is 3.00 bits per heavy atom. The maximum Gasteiger partial charge on any atom is 0.0989 e. The highest BCUT2D eigenvalue weighted by Crippen LogP contribution is 2.04. The van der Waals surface area contributed by atoms with Crippen LogP contribution in [0.25, 0.3) is 0 Å². The van der Waals surface area contributed by atoms with E-state index < -0.39 is 0 Å². The van der Waals surface area contributed by atoms with E-state index in [9.17, 15) is 0 Å². The molecule has 0 bridgehead atoms. The molecule has 1 aliphatic rings. The molecule has 1 rings (SSSR count). The number of nitrogens with zero attached hydrogens (tertiary/aromatic N) is 2.